The smallest absolute Gasteiger partial charge is 0.275 e. The largest absolute Gasteiger partial charge is 0.437 e. The number of thiazole rings is 1. The third kappa shape index (κ3) is 4.48. The SMILES string of the molecule is CC(=O)Nc1nc(C(=O)Nc2cccnc2Oc2cccc(C)c2C)cs1. The van der Waals surface area contributed by atoms with Gasteiger partial charge in [0.05, 0.1) is 0 Å². The van der Waals surface area contributed by atoms with E-state index in [1.807, 2.05) is 32.0 Å². The summed E-state index contributed by atoms with van der Waals surface area (Å²) in [7, 11) is 0. The highest BCUT2D eigenvalue weighted by Gasteiger charge is 2.15. The molecule has 3 rings (SSSR count). The Morgan fingerprint density at radius 1 is 1.11 bits per heavy atom. The van der Waals surface area contributed by atoms with Crippen molar-refractivity contribution in [3.8, 4) is 11.6 Å². The number of nitrogens with zero attached hydrogens (tertiary/aromatic N) is 2. The van der Waals surface area contributed by atoms with E-state index in [0.29, 0.717) is 16.6 Å². The van der Waals surface area contributed by atoms with Crippen molar-refractivity contribution in [2.24, 2.45) is 0 Å². The van der Waals surface area contributed by atoms with Crippen molar-refractivity contribution in [2.45, 2.75) is 20.8 Å². The molecule has 0 saturated heterocycles. The van der Waals surface area contributed by atoms with Gasteiger partial charge in [0.2, 0.25) is 11.8 Å². The average Bonchev–Trinajstić information content (AvgIpc) is 3.08. The molecular weight excluding hydrogens is 364 g/mol. The molecule has 8 heteroatoms. The minimum atomic E-state index is -0.415. The molecule has 2 aromatic heterocycles. The second-order valence-electron chi connectivity index (χ2n) is 5.83. The fourth-order valence-corrected chi connectivity index (χ4v) is 3.02. The van der Waals surface area contributed by atoms with E-state index in [4.69, 9.17) is 4.74 Å². The van der Waals surface area contributed by atoms with Crippen LogP contribution >= 0.6 is 11.3 Å². The van der Waals surface area contributed by atoms with Gasteiger partial charge in [-0.2, -0.15) is 0 Å². The van der Waals surface area contributed by atoms with Crippen molar-refractivity contribution in [3.05, 3.63) is 58.7 Å². The molecule has 0 aliphatic rings. The Morgan fingerprint density at radius 2 is 1.93 bits per heavy atom. The Morgan fingerprint density at radius 3 is 2.70 bits per heavy atom. The number of carbonyl (C=O) groups excluding carboxylic acids is 2. The number of hydrogen-bond donors (Lipinski definition) is 2. The minimum absolute atomic E-state index is 0.199. The van der Waals surface area contributed by atoms with E-state index in [1.54, 1.807) is 23.7 Å². The number of carbonyl (C=O) groups is 2. The van der Waals surface area contributed by atoms with Crippen LogP contribution in [0.1, 0.15) is 28.5 Å². The lowest BCUT2D eigenvalue weighted by Gasteiger charge is -2.13. The van der Waals surface area contributed by atoms with Crippen LogP contribution in [-0.2, 0) is 4.79 Å². The minimum Gasteiger partial charge on any atom is -0.437 e. The Bertz CT molecular complexity index is 1000. The van der Waals surface area contributed by atoms with Crippen molar-refractivity contribution in [1.29, 1.82) is 0 Å². The number of nitrogens with one attached hydrogen (secondary N) is 2. The topological polar surface area (TPSA) is 93.2 Å². The average molecular weight is 382 g/mol. The standard InChI is InChI=1S/C19H18N4O3S/c1-11-6-4-8-16(12(11)2)26-18-14(7-5-9-20-18)22-17(25)15-10-27-19(23-15)21-13(3)24/h4-10H,1-3H3,(H,22,25)(H,21,23,24). The van der Waals surface area contributed by atoms with Gasteiger partial charge in [-0.3, -0.25) is 9.59 Å². The van der Waals surface area contributed by atoms with Gasteiger partial charge >= 0.3 is 0 Å². The summed E-state index contributed by atoms with van der Waals surface area (Å²) in [6.45, 7) is 5.34. The number of hydrogen-bond acceptors (Lipinski definition) is 6. The molecular formula is C19H18N4O3S. The van der Waals surface area contributed by atoms with Gasteiger partial charge in [0, 0.05) is 18.5 Å². The van der Waals surface area contributed by atoms with Crippen LogP contribution < -0.4 is 15.4 Å². The monoisotopic (exact) mass is 382 g/mol. The number of rotatable bonds is 5. The highest BCUT2D eigenvalue weighted by Crippen LogP contribution is 2.30. The molecule has 0 bridgehead atoms. The van der Waals surface area contributed by atoms with Crippen LogP contribution in [0.3, 0.4) is 0 Å². The van der Waals surface area contributed by atoms with Gasteiger partial charge in [-0.05, 0) is 43.2 Å². The zero-order chi connectivity index (χ0) is 19.4. The molecule has 0 radical (unpaired) electrons. The van der Waals surface area contributed by atoms with E-state index in [0.717, 1.165) is 11.1 Å². The number of ether oxygens (including phenoxy) is 1. The molecule has 27 heavy (non-hydrogen) atoms. The lowest BCUT2D eigenvalue weighted by atomic mass is 10.1. The molecule has 0 spiro atoms. The van der Waals surface area contributed by atoms with E-state index in [9.17, 15) is 9.59 Å². The molecule has 0 aliphatic carbocycles. The highest BCUT2D eigenvalue weighted by atomic mass is 32.1. The first-order chi connectivity index (χ1) is 12.9. The summed E-state index contributed by atoms with van der Waals surface area (Å²) in [5.41, 5.74) is 2.73. The van der Waals surface area contributed by atoms with Crippen molar-refractivity contribution in [3.63, 3.8) is 0 Å². The fourth-order valence-electron chi connectivity index (χ4n) is 2.28. The summed E-state index contributed by atoms with van der Waals surface area (Å²) in [5.74, 6) is 0.303. The second-order valence-corrected chi connectivity index (χ2v) is 6.69. The molecule has 0 unspecified atom stereocenters. The van der Waals surface area contributed by atoms with Gasteiger partial charge in [-0.25, -0.2) is 9.97 Å². The summed E-state index contributed by atoms with van der Waals surface area (Å²) in [4.78, 5) is 31.9. The van der Waals surface area contributed by atoms with Gasteiger partial charge in [0.1, 0.15) is 17.1 Å². The zero-order valence-corrected chi connectivity index (χ0v) is 15.9. The summed E-state index contributed by atoms with van der Waals surface area (Å²) < 4.78 is 5.92. The molecule has 2 N–H and O–H groups in total. The van der Waals surface area contributed by atoms with Gasteiger partial charge in [-0.15, -0.1) is 11.3 Å². The van der Waals surface area contributed by atoms with Crippen molar-refractivity contribution >= 4 is 34.0 Å². The molecule has 2 heterocycles. The van der Waals surface area contributed by atoms with Crippen LogP contribution in [0.2, 0.25) is 0 Å². The maximum absolute atomic E-state index is 12.5. The van der Waals surface area contributed by atoms with Crippen LogP contribution in [-0.4, -0.2) is 21.8 Å². The van der Waals surface area contributed by atoms with E-state index in [1.165, 1.54) is 18.3 Å². The van der Waals surface area contributed by atoms with E-state index < -0.39 is 5.91 Å². The van der Waals surface area contributed by atoms with Crippen LogP contribution in [0.4, 0.5) is 10.8 Å². The quantitative estimate of drug-likeness (QED) is 0.691. The van der Waals surface area contributed by atoms with E-state index in [-0.39, 0.29) is 17.5 Å². The van der Waals surface area contributed by atoms with Gasteiger partial charge in [0.15, 0.2) is 5.13 Å². The van der Waals surface area contributed by atoms with Crippen LogP contribution in [0.25, 0.3) is 0 Å². The maximum Gasteiger partial charge on any atom is 0.275 e. The maximum atomic E-state index is 12.5. The number of anilines is 2. The van der Waals surface area contributed by atoms with Crippen molar-refractivity contribution in [1.82, 2.24) is 9.97 Å². The zero-order valence-electron chi connectivity index (χ0n) is 15.1. The number of aromatic nitrogens is 2. The fraction of sp³-hybridized carbons (Fsp3) is 0.158. The number of pyridine rings is 1. The van der Waals surface area contributed by atoms with Crippen LogP contribution in [0, 0.1) is 13.8 Å². The van der Waals surface area contributed by atoms with E-state index in [2.05, 4.69) is 20.6 Å². The van der Waals surface area contributed by atoms with Crippen LogP contribution in [0.5, 0.6) is 11.6 Å². The Labute approximate surface area is 160 Å². The van der Waals surface area contributed by atoms with Crippen molar-refractivity contribution in [2.75, 3.05) is 10.6 Å². The molecule has 1 aromatic carbocycles. The molecule has 2 amide bonds. The Balaban J connectivity index is 1.79. The Kier molecular flexibility index (Phi) is 5.46. The summed E-state index contributed by atoms with van der Waals surface area (Å²) in [6, 6.07) is 9.15. The number of benzene rings is 1. The van der Waals surface area contributed by atoms with Gasteiger partial charge in [0.25, 0.3) is 5.91 Å². The molecule has 0 aliphatic heterocycles. The van der Waals surface area contributed by atoms with E-state index >= 15 is 0 Å². The normalized spacial score (nSPS) is 10.3. The highest BCUT2D eigenvalue weighted by molar-refractivity contribution is 7.14. The summed E-state index contributed by atoms with van der Waals surface area (Å²) in [6.07, 6.45) is 1.59. The lowest BCUT2D eigenvalue weighted by molar-refractivity contribution is -0.114. The predicted molar refractivity (Wildman–Crippen MR) is 105 cm³/mol. The first-order valence-corrected chi connectivity index (χ1v) is 9.05. The molecule has 138 valence electrons. The molecule has 7 nitrogen and oxygen atoms in total. The predicted octanol–water partition coefficient (Wildman–Crippen LogP) is 4.16. The van der Waals surface area contributed by atoms with Gasteiger partial charge < -0.3 is 15.4 Å². The molecule has 0 fully saturated rings. The van der Waals surface area contributed by atoms with Crippen molar-refractivity contribution < 1.29 is 14.3 Å². The summed E-state index contributed by atoms with van der Waals surface area (Å²) in [5, 5.41) is 7.24. The first-order valence-electron chi connectivity index (χ1n) is 8.17. The number of aryl methyl sites for hydroxylation is 1. The van der Waals surface area contributed by atoms with Gasteiger partial charge in [-0.1, -0.05) is 12.1 Å². The van der Waals surface area contributed by atoms with Crippen LogP contribution in [0.15, 0.2) is 41.9 Å². The molecule has 3 aromatic rings. The third-order valence-corrected chi connectivity index (χ3v) is 4.56. The Hall–Kier alpha value is -3.26. The first kappa shape index (κ1) is 18.5. The third-order valence-electron chi connectivity index (χ3n) is 3.80. The number of amides is 2. The molecule has 0 saturated carbocycles. The second kappa shape index (κ2) is 7.96. The molecule has 0 atom stereocenters. The summed E-state index contributed by atoms with van der Waals surface area (Å²) >= 11 is 1.18. The lowest BCUT2D eigenvalue weighted by Crippen LogP contribution is -2.14.